The molecule has 0 aliphatic carbocycles. The number of hydrogen-bond acceptors (Lipinski definition) is 2. The van der Waals surface area contributed by atoms with E-state index in [1.807, 2.05) is 11.8 Å². The van der Waals surface area contributed by atoms with Crippen molar-refractivity contribution in [3.8, 4) is 0 Å². The van der Waals surface area contributed by atoms with Crippen LogP contribution in [0.2, 0.25) is 0 Å². The van der Waals surface area contributed by atoms with Gasteiger partial charge in [-0.25, -0.2) is 0 Å². The van der Waals surface area contributed by atoms with Crippen LogP contribution in [-0.4, -0.2) is 19.3 Å². The quantitative estimate of drug-likeness (QED) is 0.602. The Labute approximate surface area is 95.2 Å². The summed E-state index contributed by atoms with van der Waals surface area (Å²) < 4.78 is 0. The zero-order chi connectivity index (χ0) is 11.1. The molecular formula is C11H17N3S. The van der Waals surface area contributed by atoms with Gasteiger partial charge in [-0.2, -0.15) is 11.8 Å². The third-order valence-corrected chi connectivity index (χ3v) is 2.64. The molecule has 1 aromatic carbocycles. The first kappa shape index (κ1) is 11.9. The lowest BCUT2D eigenvalue weighted by molar-refractivity contribution is 0.899. The van der Waals surface area contributed by atoms with E-state index in [0.29, 0.717) is 5.96 Å². The average molecular weight is 223 g/mol. The molecule has 0 atom stereocenters. The largest absolute Gasteiger partial charge is 0.370 e. The Morgan fingerprint density at radius 1 is 1.47 bits per heavy atom. The number of nitrogens with one attached hydrogen (secondary N) is 1. The van der Waals surface area contributed by atoms with E-state index in [4.69, 9.17) is 5.73 Å². The number of nitrogens with zero attached hydrogens (tertiary/aromatic N) is 1. The maximum absolute atomic E-state index is 5.55. The van der Waals surface area contributed by atoms with Crippen molar-refractivity contribution in [1.82, 2.24) is 5.32 Å². The van der Waals surface area contributed by atoms with Gasteiger partial charge >= 0.3 is 0 Å². The molecule has 0 saturated carbocycles. The number of nitrogens with two attached hydrogens (primary N) is 1. The average Bonchev–Trinajstić information content (AvgIpc) is 2.27. The molecule has 0 saturated heterocycles. The number of thioether (sulfide) groups is 1. The van der Waals surface area contributed by atoms with Gasteiger partial charge < -0.3 is 11.1 Å². The first-order valence-electron chi connectivity index (χ1n) is 4.79. The van der Waals surface area contributed by atoms with Crippen LogP contribution in [0.4, 0.5) is 0 Å². The summed E-state index contributed by atoms with van der Waals surface area (Å²) in [4.78, 5) is 3.84. The summed E-state index contributed by atoms with van der Waals surface area (Å²) in [5.41, 5.74) is 8.12. The minimum atomic E-state index is 0.477. The Balaban J connectivity index is 2.57. The molecule has 0 fully saturated rings. The van der Waals surface area contributed by atoms with Gasteiger partial charge in [-0.3, -0.25) is 4.99 Å². The van der Waals surface area contributed by atoms with Crippen molar-refractivity contribution in [2.24, 2.45) is 10.7 Å². The second-order valence-electron chi connectivity index (χ2n) is 3.22. The molecule has 4 heteroatoms. The Kier molecular flexibility index (Phi) is 5.04. The fourth-order valence-electron chi connectivity index (χ4n) is 1.27. The van der Waals surface area contributed by atoms with Crippen LogP contribution in [-0.2, 0) is 12.3 Å². The van der Waals surface area contributed by atoms with Crippen LogP contribution in [0.15, 0.2) is 29.3 Å². The van der Waals surface area contributed by atoms with E-state index in [0.717, 1.165) is 12.3 Å². The van der Waals surface area contributed by atoms with E-state index >= 15 is 0 Å². The van der Waals surface area contributed by atoms with Crippen LogP contribution >= 0.6 is 11.8 Å². The summed E-state index contributed by atoms with van der Waals surface area (Å²) in [5, 5.41) is 3.04. The Morgan fingerprint density at radius 3 is 2.87 bits per heavy atom. The maximum atomic E-state index is 5.55. The van der Waals surface area contributed by atoms with Crippen molar-refractivity contribution in [1.29, 1.82) is 0 Å². The van der Waals surface area contributed by atoms with Gasteiger partial charge in [0.15, 0.2) is 5.96 Å². The third kappa shape index (κ3) is 4.25. The molecule has 3 nitrogen and oxygen atoms in total. The molecular weight excluding hydrogens is 206 g/mol. The van der Waals surface area contributed by atoms with Crippen LogP contribution in [0.25, 0.3) is 0 Å². The molecule has 82 valence electrons. The summed E-state index contributed by atoms with van der Waals surface area (Å²) in [6.45, 7) is 0.728. The predicted octanol–water partition coefficient (Wildman–Crippen LogP) is 1.58. The van der Waals surface area contributed by atoms with Gasteiger partial charge in [0.2, 0.25) is 0 Å². The van der Waals surface area contributed by atoms with Gasteiger partial charge in [0, 0.05) is 19.3 Å². The summed E-state index contributed by atoms with van der Waals surface area (Å²) >= 11 is 1.82. The second kappa shape index (κ2) is 6.35. The van der Waals surface area contributed by atoms with Crippen LogP contribution < -0.4 is 11.1 Å². The van der Waals surface area contributed by atoms with Crippen molar-refractivity contribution in [3.63, 3.8) is 0 Å². The fraction of sp³-hybridized carbons (Fsp3) is 0.364. The summed E-state index contributed by atoms with van der Waals surface area (Å²) in [6.07, 6.45) is 2.10. The molecule has 1 aromatic rings. The summed E-state index contributed by atoms with van der Waals surface area (Å²) in [6, 6.07) is 8.48. The summed E-state index contributed by atoms with van der Waals surface area (Å²) in [5.74, 6) is 1.52. The number of aliphatic imine (C=N–C) groups is 1. The molecule has 0 aliphatic rings. The standard InChI is InChI=1S/C11H17N3S/c1-13-11(12)14-7-9-4-3-5-10(6-9)8-15-2/h3-6H,7-8H2,1-2H3,(H3,12,13,14). The van der Waals surface area contributed by atoms with E-state index in [-0.39, 0.29) is 0 Å². The highest BCUT2D eigenvalue weighted by Gasteiger charge is 1.96. The van der Waals surface area contributed by atoms with Crippen molar-refractivity contribution in [2.45, 2.75) is 12.3 Å². The number of benzene rings is 1. The van der Waals surface area contributed by atoms with Crippen molar-refractivity contribution in [2.75, 3.05) is 13.3 Å². The van der Waals surface area contributed by atoms with Crippen molar-refractivity contribution < 1.29 is 0 Å². The highest BCUT2D eigenvalue weighted by molar-refractivity contribution is 7.97. The number of guanidine groups is 1. The second-order valence-corrected chi connectivity index (χ2v) is 4.08. The molecule has 1 rings (SSSR count). The highest BCUT2D eigenvalue weighted by atomic mass is 32.2. The lowest BCUT2D eigenvalue weighted by Crippen LogP contribution is -2.30. The normalized spacial score (nSPS) is 11.5. The Bertz CT molecular complexity index is 336. The van der Waals surface area contributed by atoms with Crippen molar-refractivity contribution in [3.05, 3.63) is 35.4 Å². The highest BCUT2D eigenvalue weighted by Crippen LogP contribution is 2.11. The molecule has 0 unspecified atom stereocenters. The topological polar surface area (TPSA) is 50.4 Å². The zero-order valence-corrected chi connectivity index (χ0v) is 9.97. The van der Waals surface area contributed by atoms with Crippen LogP contribution in [0, 0.1) is 0 Å². The van der Waals surface area contributed by atoms with E-state index in [9.17, 15) is 0 Å². The first-order chi connectivity index (χ1) is 7.26. The van der Waals surface area contributed by atoms with Crippen LogP contribution in [0.3, 0.4) is 0 Å². The first-order valence-corrected chi connectivity index (χ1v) is 6.18. The number of rotatable bonds is 4. The minimum absolute atomic E-state index is 0.477. The molecule has 0 aromatic heterocycles. The molecule has 0 radical (unpaired) electrons. The predicted molar refractivity (Wildman–Crippen MR) is 68.0 cm³/mol. The van der Waals surface area contributed by atoms with E-state index in [1.165, 1.54) is 11.1 Å². The van der Waals surface area contributed by atoms with Gasteiger partial charge in [0.1, 0.15) is 0 Å². The Hall–Kier alpha value is -1.16. The lowest BCUT2D eigenvalue weighted by Gasteiger charge is -2.06. The molecule has 0 spiro atoms. The smallest absolute Gasteiger partial charge is 0.188 e. The van der Waals surface area contributed by atoms with Crippen LogP contribution in [0.5, 0.6) is 0 Å². The van der Waals surface area contributed by atoms with Gasteiger partial charge in [0.05, 0.1) is 0 Å². The summed E-state index contributed by atoms with van der Waals surface area (Å²) in [7, 11) is 1.67. The Morgan fingerprint density at radius 2 is 2.20 bits per heavy atom. The van der Waals surface area contributed by atoms with E-state index in [1.54, 1.807) is 7.05 Å². The fourth-order valence-corrected chi connectivity index (χ4v) is 1.78. The molecule has 0 heterocycles. The monoisotopic (exact) mass is 223 g/mol. The number of hydrogen-bond donors (Lipinski definition) is 2. The molecule has 0 aliphatic heterocycles. The van der Waals surface area contributed by atoms with Gasteiger partial charge in [-0.05, 0) is 17.4 Å². The SMILES string of the molecule is CN=C(N)NCc1cccc(CSC)c1. The maximum Gasteiger partial charge on any atom is 0.188 e. The van der Waals surface area contributed by atoms with E-state index < -0.39 is 0 Å². The van der Waals surface area contributed by atoms with E-state index in [2.05, 4.69) is 40.8 Å². The third-order valence-electron chi connectivity index (χ3n) is 2.02. The molecule has 3 N–H and O–H groups in total. The molecule has 0 amide bonds. The lowest BCUT2D eigenvalue weighted by atomic mass is 10.1. The van der Waals surface area contributed by atoms with Gasteiger partial charge in [-0.15, -0.1) is 0 Å². The van der Waals surface area contributed by atoms with Gasteiger partial charge in [0.25, 0.3) is 0 Å². The molecule has 15 heavy (non-hydrogen) atoms. The van der Waals surface area contributed by atoms with Crippen molar-refractivity contribution >= 4 is 17.7 Å². The molecule has 0 bridgehead atoms. The minimum Gasteiger partial charge on any atom is -0.370 e. The zero-order valence-electron chi connectivity index (χ0n) is 9.16. The van der Waals surface area contributed by atoms with Crippen LogP contribution in [0.1, 0.15) is 11.1 Å². The van der Waals surface area contributed by atoms with Gasteiger partial charge in [-0.1, -0.05) is 24.3 Å².